The fourth-order valence-electron chi connectivity index (χ4n) is 2.60. The molecule has 0 radical (unpaired) electrons. The molecule has 0 aliphatic carbocycles. The summed E-state index contributed by atoms with van der Waals surface area (Å²) >= 11 is 0. The molecular weight excluding hydrogens is 260 g/mol. The van der Waals surface area contributed by atoms with Crippen molar-refractivity contribution in [2.24, 2.45) is 0 Å². The summed E-state index contributed by atoms with van der Waals surface area (Å²) in [6.07, 6.45) is 2.63. The van der Waals surface area contributed by atoms with Crippen LogP contribution in [0.25, 0.3) is 0 Å². The predicted molar refractivity (Wildman–Crippen MR) is 91.0 cm³/mol. The van der Waals surface area contributed by atoms with E-state index in [-0.39, 0.29) is 6.10 Å². The van der Waals surface area contributed by atoms with Gasteiger partial charge in [0.05, 0.1) is 6.10 Å². The molecule has 0 fully saturated rings. The van der Waals surface area contributed by atoms with E-state index in [2.05, 4.69) is 62.2 Å². The summed E-state index contributed by atoms with van der Waals surface area (Å²) in [6, 6.07) is 8.87. The van der Waals surface area contributed by atoms with Gasteiger partial charge in [-0.3, -0.25) is 0 Å². The van der Waals surface area contributed by atoms with Gasteiger partial charge in [-0.25, -0.2) is 0 Å². The predicted octanol–water partition coefficient (Wildman–Crippen LogP) is 3.86. The molecule has 120 valence electrons. The van der Waals surface area contributed by atoms with E-state index >= 15 is 0 Å². The molecule has 0 amide bonds. The van der Waals surface area contributed by atoms with Gasteiger partial charge in [0.25, 0.3) is 0 Å². The Morgan fingerprint density at radius 3 is 2.05 bits per heavy atom. The molecule has 21 heavy (non-hydrogen) atoms. The molecule has 1 aromatic carbocycles. The SMILES string of the molecule is CCCN(CCC)CC(NC)c1ccc(OC(C)C)cc1. The van der Waals surface area contributed by atoms with E-state index in [1.807, 2.05) is 7.05 Å². The molecule has 1 unspecified atom stereocenters. The second kappa shape index (κ2) is 9.80. The first kappa shape index (κ1) is 18.0. The smallest absolute Gasteiger partial charge is 0.119 e. The highest BCUT2D eigenvalue weighted by atomic mass is 16.5. The molecular formula is C18H32N2O. The van der Waals surface area contributed by atoms with Gasteiger partial charge in [-0.05, 0) is 64.5 Å². The first-order valence-corrected chi connectivity index (χ1v) is 8.26. The highest BCUT2D eigenvalue weighted by molar-refractivity contribution is 5.29. The van der Waals surface area contributed by atoms with Gasteiger partial charge in [-0.1, -0.05) is 26.0 Å². The minimum atomic E-state index is 0.223. The van der Waals surface area contributed by atoms with Crippen LogP contribution in [0.5, 0.6) is 5.75 Å². The van der Waals surface area contributed by atoms with E-state index in [1.165, 1.54) is 31.5 Å². The third-order valence-corrected chi connectivity index (χ3v) is 3.52. The second-order valence-corrected chi connectivity index (χ2v) is 5.88. The van der Waals surface area contributed by atoms with E-state index in [9.17, 15) is 0 Å². The van der Waals surface area contributed by atoms with Gasteiger partial charge in [-0.2, -0.15) is 0 Å². The first-order valence-electron chi connectivity index (χ1n) is 8.26. The van der Waals surface area contributed by atoms with Crippen LogP contribution in [0.3, 0.4) is 0 Å². The van der Waals surface area contributed by atoms with Crippen molar-refractivity contribution in [3.63, 3.8) is 0 Å². The maximum atomic E-state index is 5.71. The van der Waals surface area contributed by atoms with Crippen molar-refractivity contribution in [3.05, 3.63) is 29.8 Å². The summed E-state index contributed by atoms with van der Waals surface area (Å²) in [5.74, 6) is 0.947. The van der Waals surface area contributed by atoms with Crippen LogP contribution >= 0.6 is 0 Å². The summed E-state index contributed by atoms with van der Waals surface area (Å²) in [5, 5.41) is 3.44. The van der Waals surface area contributed by atoms with Crippen molar-refractivity contribution < 1.29 is 4.74 Å². The number of likely N-dealkylation sites (N-methyl/N-ethyl adjacent to an activating group) is 1. The van der Waals surface area contributed by atoms with Crippen molar-refractivity contribution in [2.75, 3.05) is 26.7 Å². The number of nitrogens with one attached hydrogen (secondary N) is 1. The minimum Gasteiger partial charge on any atom is -0.491 e. The standard InChI is InChI=1S/C18H32N2O/c1-6-12-20(13-7-2)14-18(19-5)16-8-10-17(11-9-16)21-15(3)4/h8-11,15,18-19H,6-7,12-14H2,1-5H3. The molecule has 0 bridgehead atoms. The molecule has 1 aromatic rings. The van der Waals surface area contributed by atoms with Crippen LogP contribution in [0.2, 0.25) is 0 Å². The van der Waals surface area contributed by atoms with Crippen molar-refractivity contribution in [1.29, 1.82) is 0 Å². The van der Waals surface area contributed by atoms with Crippen molar-refractivity contribution in [1.82, 2.24) is 10.2 Å². The molecule has 0 aromatic heterocycles. The summed E-state index contributed by atoms with van der Waals surface area (Å²) in [5.41, 5.74) is 1.32. The lowest BCUT2D eigenvalue weighted by molar-refractivity contribution is 0.241. The van der Waals surface area contributed by atoms with Crippen LogP contribution in [-0.4, -0.2) is 37.7 Å². The lowest BCUT2D eigenvalue weighted by Gasteiger charge is -2.27. The molecule has 3 nitrogen and oxygen atoms in total. The van der Waals surface area contributed by atoms with E-state index in [1.54, 1.807) is 0 Å². The Hall–Kier alpha value is -1.06. The highest BCUT2D eigenvalue weighted by Gasteiger charge is 2.14. The Morgan fingerprint density at radius 1 is 1.05 bits per heavy atom. The zero-order chi connectivity index (χ0) is 15.7. The Kier molecular flexibility index (Phi) is 8.40. The van der Waals surface area contributed by atoms with Gasteiger partial charge in [-0.15, -0.1) is 0 Å². The van der Waals surface area contributed by atoms with Crippen LogP contribution in [0.4, 0.5) is 0 Å². The molecule has 0 spiro atoms. The van der Waals surface area contributed by atoms with Crippen LogP contribution < -0.4 is 10.1 Å². The molecule has 0 saturated heterocycles. The van der Waals surface area contributed by atoms with Gasteiger partial charge in [0.15, 0.2) is 0 Å². The summed E-state index contributed by atoms with van der Waals surface area (Å²) in [6.45, 7) is 12.0. The molecule has 1 rings (SSSR count). The summed E-state index contributed by atoms with van der Waals surface area (Å²) < 4.78 is 5.71. The van der Waals surface area contributed by atoms with E-state index in [0.717, 1.165) is 12.3 Å². The topological polar surface area (TPSA) is 24.5 Å². The van der Waals surface area contributed by atoms with Crippen LogP contribution in [0.15, 0.2) is 24.3 Å². The largest absolute Gasteiger partial charge is 0.491 e. The molecule has 0 heterocycles. The van der Waals surface area contributed by atoms with Crippen molar-refractivity contribution in [3.8, 4) is 5.75 Å². The average molecular weight is 292 g/mol. The van der Waals surface area contributed by atoms with E-state index in [4.69, 9.17) is 4.74 Å². The highest BCUT2D eigenvalue weighted by Crippen LogP contribution is 2.19. The van der Waals surface area contributed by atoms with Crippen molar-refractivity contribution in [2.45, 2.75) is 52.7 Å². The fourth-order valence-corrected chi connectivity index (χ4v) is 2.60. The molecule has 1 N–H and O–H groups in total. The van der Waals surface area contributed by atoms with E-state index < -0.39 is 0 Å². The average Bonchev–Trinajstić information content (AvgIpc) is 2.45. The zero-order valence-electron chi connectivity index (χ0n) is 14.4. The van der Waals surface area contributed by atoms with Crippen LogP contribution in [0, 0.1) is 0 Å². The lowest BCUT2D eigenvalue weighted by atomic mass is 10.1. The van der Waals surface area contributed by atoms with Gasteiger partial charge in [0, 0.05) is 12.6 Å². The van der Waals surface area contributed by atoms with Crippen molar-refractivity contribution >= 4 is 0 Å². The normalized spacial score (nSPS) is 12.9. The number of nitrogens with zero attached hydrogens (tertiary/aromatic N) is 1. The molecule has 0 aliphatic rings. The van der Waals surface area contributed by atoms with Gasteiger partial charge in [0.1, 0.15) is 5.75 Å². The quantitative estimate of drug-likeness (QED) is 0.709. The van der Waals surface area contributed by atoms with E-state index in [0.29, 0.717) is 6.04 Å². The Labute approximate surface area is 130 Å². The molecule has 0 aliphatic heterocycles. The fraction of sp³-hybridized carbons (Fsp3) is 0.667. The number of hydrogen-bond acceptors (Lipinski definition) is 3. The van der Waals surface area contributed by atoms with Gasteiger partial charge < -0.3 is 15.0 Å². The summed E-state index contributed by atoms with van der Waals surface area (Å²) in [4.78, 5) is 2.54. The third-order valence-electron chi connectivity index (χ3n) is 3.52. The molecule has 1 atom stereocenters. The monoisotopic (exact) mass is 292 g/mol. The van der Waals surface area contributed by atoms with Crippen LogP contribution in [0.1, 0.15) is 52.1 Å². The Bertz CT molecular complexity index is 369. The lowest BCUT2D eigenvalue weighted by Crippen LogP contribution is -2.35. The maximum Gasteiger partial charge on any atom is 0.119 e. The number of ether oxygens (including phenoxy) is 1. The number of hydrogen-bond donors (Lipinski definition) is 1. The molecule has 3 heteroatoms. The van der Waals surface area contributed by atoms with Crippen LogP contribution in [-0.2, 0) is 0 Å². The number of benzene rings is 1. The van der Waals surface area contributed by atoms with Gasteiger partial charge in [0.2, 0.25) is 0 Å². The number of rotatable bonds is 10. The minimum absolute atomic E-state index is 0.223. The maximum absolute atomic E-state index is 5.71. The first-order chi connectivity index (χ1) is 10.1. The van der Waals surface area contributed by atoms with Gasteiger partial charge >= 0.3 is 0 Å². The second-order valence-electron chi connectivity index (χ2n) is 5.88. The Balaban J connectivity index is 2.69. The Morgan fingerprint density at radius 2 is 1.62 bits per heavy atom. The summed E-state index contributed by atoms with van der Waals surface area (Å²) in [7, 11) is 2.04. The third kappa shape index (κ3) is 6.49. The molecule has 0 saturated carbocycles. The zero-order valence-corrected chi connectivity index (χ0v) is 14.4.